The molecule has 2 rings (SSSR count). The van der Waals surface area contributed by atoms with E-state index in [1.807, 2.05) is 0 Å². The van der Waals surface area contributed by atoms with Crippen molar-refractivity contribution in [2.45, 2.75) is 39.2 Å². The van der Waals surface area contributed by atoms with E-state index in [2.05, 4.69) is 83.6 Å². The molecule has 0 spiro atoms. The van der Waals surface area contributed by atoms with Gasteiger partial charge in [0.1, 0.15) is 0 Å². The van der Waals surface area contributed by atoms with Crippen molar-refractivity contribution in [2.75, 3.05) is 5.32 Å². The number of rotatable bonds is 6. The number of unbranched alkanes of at least 4 members (excludes halogenated alkanes) is 1. The molecule has 2 aromatic rings. The predicted octanol–water partition coefficient (Wildman–Crippen LogP) is 6.10. The van der Waals surface area contributed by atoms with Gasteiger partial charge in [-0.15, -0.1) is 0 Å². The quantitative estimate of drug-likeness (QED) is 0.674. The van der Waals surface area contributed by atoms with E-state index >= 15 is 0 Å². The Bertz CT molecular complexity index is 536. The van der Waals surface area contributed by atoms with Crippen LogP contribution in [0.2, 0.25) is 0 Å². The number of hydrogen-bond acceptors (Lipinski definition) is 1. The first-order chi connectivity index (χ1) is 9.70. The first-order valence-corrected chi connectivity index (χ1v) is 8.07. The van der Waals surface area contributed by atoms with Gasteiger partial charge < -0.3 is 5.32 Å². The molecular weight excluding hydrogens is 310 g/mol. The summed E-state index contributed by atoms with van der Waals surface area (Å²) in [6.45, 7) is 4.37. The lowest BCUT2D eigenvalue weighted by atomic mass is 10.0. The third kappa shape index (κ3) is 4.11. The summed E-state index contributed by atoms with van der Waals surface area (Å²) in [4.78, 5) is 0. The van der Waals surface area contributed by atoms with Crippen molar-refractivity contribution in [1.29, 1.82) is 0 Å². The minimum absolute atomic E-state index is 0.370. The fourth-order valence-corrected chi connectivity index (χ4v) is 2.71. The van der Waals surface area contributed by atoms with E-state index in [9.17, 15) is 0 Å². The van der Waals surface area contributed by atoms with Crippen LogP contribution in [-0.2, 0) is 0 Å². The molecule has 0 saturated heterocycles. The second kappa shape index (κ2) is 7.49. The summed E-state index contributed by atoms with van der Waals surface area (Å²) >= 11 is 3.64. The number of halogens is 1. The van der Waals surface area contributed by atoms with Gasteiger partial charge in [-0.05, 0) is 52.5 Å². The average Bonchev–Trinajstić information content (AvgIpc) is 2.48. The molecule has 0 bridgehead atoms. The summed E-state index contributed by atoms with van der Waals surface area (Å²) in [5.74, 6) is 0. The third-order valence-corrected chi connectivity index (χ3v) is 4.19. The molecular formula is C18H22BrN. The van der Waals surface area contributed by atoms with Gasteiger partial charge in [-0.3, -0.25) is 0 Å². The summed E-state index contributed by atoms with van der Waals surface area (Å²) in [5.41, 5.74) is 3.81. The van der Waals surface area contributed by atoms with E-state index in [-0.39, 0.29) is 0 Å². The summed E-state index contributed by atoms with van der Waals surface area (Å²) in [5, 5.41) is 3.69. The molecule has 0 radical (unpaired) electrons. The highest BCUT2D eigenvalue weighted by Gasteiger charge is 2.12. The van der Waals surface area contributed by atoms with Crippen LogP contribution in [-0.4, -0.2) is 0 Å². The highest BCUT2D eigenvalue weighted by atomic mass is 79.9. The smallest absolute Gasteiger partial charge is 0.0514 e. The van der Waals surface area contributed by atoms with E-state index in [1.54, 1.807) is 0 Å². The molecule has 1 nitrogen and oxygen atoms in total. The van der Waals surface area contributed by atoms with Crippen molar-refractivity contribution in [3.05, 3.63) is 64.1 Å². The Kier molecular flexibility index (Phi) is 5.66. The molecule has 2 aromatic carbocycles. The Labute approximate surface area is 130 Å². The number of hydrogen-bond donors (Lipinski definition) is 1. The van der Waals surface area contributed by atoms with Gasteiger partial charge in [0.2, 0.25) is 0 Å². The molecule has 0 heterocycles. The predicted molar refractivity (Wildman–Crippen MR) is 91.2 cm³/mol. The largest absolute Gasteiger partial charge is 0.377 e. The van der Waals surface area contributed by atoms with Crippen LogP contribution in [0.4, 0.5) is 5.69 Å². The minimum atomic E-state index is 0.370. The minimum Gasteiger partial charge on any atom is -0.377 e. The molecule has 1 atom stereocenters. The molecule has 1 N–H and O–H groups in total. The third-order valence-electron chi connectivity index (χ3n) is 3.50. The molecule has 0 aliphatic heterocycles. The molecule has 0 fully saturated rings. The lowest BCUT2D eigenvalue weighted by Crippen LogP contribution is -2.11. The zero-order chi connectivity index (χ0) is 14.4. The highest BCUT2D eigenvalue weighted by Crippen LogP contribution is 2.30. The SMILES string of the molecule is CCCCC(Nc1cc(C)ccc1Br)c1ccccc1. The van der Waals surface area contributed by atoms with Crippen molar-refractivity contribution in [1.82, 2.24) is 0 Å². The molecule has 0 amide bonds. The van der Waals surface area contributed by atoms with E-state index in [1.165, 1.54) is 29.7 Å². The van der Waals surface area contributed by atoms with Crippen molar-refractivity contribution >= 4 is 21.6 Å². The maximum Gasteiger partial charge on any atom is 0.0514 e. The average molecular weight is 332 g/mol. The summed E-state index contributed by atoms with van der Waals surface area (Å²) in [7, 11) is 0. The van der Waals surface area contributed by atoms with Gasteiger partial charge in [0.05, 0.1) is 6.04 Å². The normalized spacial score (nSPS) is 12.2. The first kappa shape index (κ1) is 15.1. The van der Waals surface area contributed by atoms with Gasteiger partial charge in [0.25, 0.3) is 0 Å². The van der Waals surface area contributed by atoms with Gasteiger partial charge in [0, 0.05) is 10.2 Å². The Balaban J connectivity index is 2.21. The lowest BCUT2D eigenvalue weighted by molar-refractivity contribution is 0.634. The molecule has 1 unspecified atom stereocenters. The number of anilines is 1. The molecule has 0 aliphatic carbocycles. The van der Waals surface area contributed by atoms with Gasteiger partial charge >= 0.3 is 0 Å². The molecule has 2 heteroatoms. The summed E-state index contributed by atoms with van der Waals surface area (Å²) in [6, 6.07) is 17.5. The Morgan fingerprint density at radius 2 is 1.85 bits per heavy atom. The Morgan fingerprint density at radius 3 is 2.55 bits per heavy atom. The van der Waals surface area contributed by atoms with Crippen LogP contribution in [0.15, 0.2) is 53.0 Å². The number of aryl methyl sites for hydroxylation is 1. The molecule has 20 heavy (non-hydrogen) atoms. The maximum absolute atomic E-state index is 3.69. The van der Waals surface area contributed by atoms with Crippen LogP contribution in [0.25, 0.3) is 0 Å². The second-order valence-corrected chi connectivity index (χ2v) is 6.09. The standard InChI is InChI=1S/C18H22BrN/c1-3-4-10-17(15-8-6-5-7-9-15)20-18-13-14(2)11-12-16(18)19/h5-9,11-13,17,20H,3-4,10H2,1-2H3. The van der Waals surface area contributed by atoms with Crippen LogP contribution >= 0.6 is 15.9 Å². The molecule has 106 valence electrons. The van der Waals surface area contributed by atoms with Crippen molar-refractivity contribution in [3.63, 3.8) is 0 Å². The van der Waals surface area contributed by atoms with E-state index < -0.39 is 0 Å². The monoisotopic (exact) mass is 331 g/mol. The zero-order valence-electron chi connectivity index (χ0n) is 12.2. The molecule has 0 saturated carbocycles. The van der Waals surface area contributed by atoms with Gasteiger partial charge in [-0.2, -0.15) is 0 Å². The van der Waals surface area contributed by atoms with Crippen molar-refractivity contribution in [3.8, 4) is 0 Å². The summed E-state index contributed by atoms with van der Waals surface area (Å²) in [6.07, 6.45) is 3.61. The number of benzene rings is 2. The van der Waals surface area contributed by atoms with Gasteiger partial charge in [-0.1, -0.05) is 56.2 Å². The van der Waals surface area contributed by atoms with Crippen molar-refractivity contribution < 1.29 is 0 Å². The summed E-state index contributed by atoms with van der Waals surface area (Å²) < 4.78 is 1.13. The highest BCUT2D eigenvalue weighted by molar-refractivity contribution is 9.10. The maximum atomic E-state index is 3.69. The molecule has 0 aromatic heterocycles. The fourth-order valence-electron chi connectivity index (χ4n) is 2.35. The molecule has 0 aliphatic rings. The van der Waals surface area contributed by atoms with Crippen molar-refractivity contribution in [2.24, 2.45) is 0 Å². The van der Waals surface area contributed by atoms with Crippen LogP contribution in [0, 0.1) is 6.92 Å². The van der Waals surface area contributed by atoms with Crippen LogP contribution in [0.5, 0.6) is 0 Å². The lowest BCUT2D eigenvalue weighted by Gasteiger charge is -2.21. The topological polar surface area (TPSA) is 12.0 Å². The number of nitrogens with one attached hydrogen (secondary N) is 1. The van der Waals surface area contributed by atoms with Crippen LogP contribution in [0.1, 0.15) is 43.4 Å². The zero-order valence-corrected chi connectivity index (χ0v) is 13.8. The Morgan fingerprint density at radius 1 is 1.10 bits per heavy atom. The van der Waals surface area contributed by atoms with E-state index in [0.29, 0.717) is 6.04 Å². The van der Waals surface area contributed by atoms with Crippen LogP contribution in [0.3, 0.4) is 0 Å². The van der Waals surface area contributed by atoms with Gasteiger partial charge in [0.15, 0.2) is 0 Å². The van der Waals surface area contributed by atoms with E-state index in [0.717, 1.165) is 10.9 Å². The van der Waals surface area contributed by atoms with Gasteiger partial charge in [-0.25, -0.2) is 0 Å². The second-order valence-electron chi connectivity index (χ2n) is 5.23. The first-order valence-electron chi connectivity index (χ1n) is 7.28. The Hall–Kier alpha value is -1.28. The fraction of sp³-hybridized carbons (Fsp3) is 0.333. The van der Waals surface area contributed by atoms with Crippen LogP contribution < -0.4 is 5.32 Å². The van der Waals surface area contributed by atoms with E-state index in [4.69, 9.17) is 0 Å².